The van der Waals surface area contributed by atoms with Crippen LogP contribution in [0.2, 0.25) is 0 Å². The molecule has 1 aromatic carbocycles. The van der Waals surface area contributed by atoms with Crippen molar-refractivity contribution in [3.63, 3.8) is 0 Å². The number of carbonyl (C=O) groups is 2. The first kappa shape index (κ1) is 16.5. The highest BCUT2D eigenvalue weighted by molar-refractivity contribution is 9.11. The van der Waals surface area contributed by atoms with E-state index in [0.29, 0.717) is 16.9 Å². The van der Waals surface area contributed by atoms with Crippen LogP contribution in [0, 0.1) is 0 Å². The number of nitrogens with one attached hydrogen (secondary N) is 3. The van der Waals surface area contributed by atoms with Gasteiger partial charge in [0.2, 0.25) is 0 Å². The van der Waals surface area contributed by atoms with Gasteiger partial charge in [0.1, 0.15) is 0 Å². The van der Waals surface area contributed by atoms with Gasteiger partial charge < -0.3 is 16.0 Å². The largest absolute Gasteiger partial charge is 0.336 e. The molecule has 3 N–H and O–H groups in total. The van der Waals surface area contributed by atoms with Gasteiger partial charge in [-0.1, -0.05) is 0 Å². The smallest absolute Gasteiger partial charge is 0.319 e. The molecule has 0 saturated heterocycles. The van der Waals surface area contributed by atoms with E-state index in [1.165, 1.54) is 11.3 Å². The van der Waals surface area contributed by atoms with Crippen molar-refractivity contribution < 1.29 is 9.59 Å². The van der Waals surface area contributed by atoms with Gasteiger partial charge in [0.05, 0.1) is 9.35 Å². The molecule has 22 heavy (non-hydrogen) atoms. The van der Waals surface area contributed by atoms with Gasteiger partial charge in [0, 0.05) is 22.8 Å². The molecule has 0 bridgehead atoms. The third-order valence-corrected chi connectivity index (χ3v) is 4.15. The molecule has 0 atom stereocenters. The number of hydrogen-bond acceptors (Lipinski definition) is 3. The van der Waals surface area contributed by atoms with Crippen molar-refractivity contribution in [3.05, 3.63) is 45.1 Å². The Morgan fingerprint density at radius 2 is 1.68 bits per heavy atom. The van der Waals surface area contributed by atoms with E-state index in [2.05, 4.69) is 31.9 Å². The first-order valence-corrected chi connectivity index (χ1v) is 8.34. The van der Waals surface area contributed by atoms with E-state index in [9.17, 15) is 9.59 Å². The van der Waals surface area contributed by atoms with Gasteiger partial charge in [-0.25, -0.2) is 4.79 Å². The minimum Gasteiger partial charge on any atom is -0.336 e. The minimum absolute atomic E-state index is 0.0727. The van der Waals surface area contributed by atoms with Crippen molar-refractivity contribution in [3.8, 4) is 0 Å². The summed E-state index contributed by atoms with van der Waals surface area (Å²) in [6, 6.07) is 8.54. The summed E-state index contributed by atoms with van der Waals surface area (Å²) in [6.45, 7) is 3.78. The maximum Gasteiger partial charge on any atom is 0.319 e. The Kier molecular flexibility index (Phi) is 5.57. The Labute approximate surface area is 141 Å². The zero-order valence-electron chi connectivity index (χ0n) is 12.1. The van der Waals surface area contributed by atoms with E-state index in [1.807, 2.05) is 13.8 Å². The van der Waals surface area contributed by atoms with Crippen LogP contribution in [0.1, 0.15) is 24.2 Å². The van der Waals surface area contributed by atoms with Crippen LogP contribution in [-0.4, -0.2) is 18.0 Å². The molecule has 0 aliphatic rings. The molecular formula is C15H16BrN3O2S. The number of hydrogen-bond donors (Lipinski definition) is 3. The average Bonchev–Trinajstić information content (AvgIpc) is 2.87. The molecule has 0 spiro atoms. The summed E-state index contributed by atoms with van der Waals surface area (Å²) < 4.78 is 0.911. The lowest BCUT2D eigenvalue weighted by Gasteiger charge is -2.10. The SMILES string of the molecule is CC(C)NC(=O)Nc1ccc(NC(=O)c2csc(Br)c2)cc1. The van der Waals surface area contributed by atoms with E-state index >= 15 is 0 Å². The standard InChI is InChI=1S/C15H16BrN3O2S/c1-9(2)17-15(21)19-12-5-3-11(4-6-12)18-14(20)10-7-13(16)22-8-10/h3-9H,1-2H3,(H,18,20)(H2,17,19,21). The van der Waals surface area contributed by atoms with Gasteiger partial charge in [0.25, 0.3) is 5.91 Å². The van der Waals surface area contributed by atoms with E-state index in [-0.39, 0.29) is 18.0 Å². The Morgan fingerprint density at radius 1 is 1.09 bits per heavy atom. The molecule has 0 fully saturated rings. The van der Waals surface area contributed by atoms with E-state index in [0.717, 1.165) is 3.79 Å². The van der Waals surface area contributed by atoms with E-state index in [4.69, 9.17) is 0 Å². The van der Waals surface area contributed by atoms with Crippen molar-refractivity contribution in [2.75, 3.05) is 10.6 Å². The number of anilines is 2. The molecule has 7 heteroatoms. The molecular weight excluding hydrogens is 366 g/mol. The molecule has 3 amide bonds. The summed E-state index contributed by atoms with van der Waals surface area (Å²) in [5, 5.41) is 10.0. The van der Waals surface area contributed by atoms with Gasteiger partial charge in [-0.3, -0.25) is 4.79 Å². The molecule has 5 nitrogen and oxygen atoms in total. The lowest BCUT2D eigenvalue weighted by Crippen LogP contribution is -2.34. The van der Waals surface area contributed by atoms with Crippen LogP contribution in [-0.2, 0) is 0 Å². The highest BCUT2D eigenvalue weighted by Gasteiger charge is 2.08. The number of urea groups is 1. The van der Waals surface area contributed by atoms with Crippen molar-refractivity contribution in [2.24, 2.45) is 0 Å². The number of rotatable bonds is 4. The van der Waals surface area contributed by atoms with Gasteiger partial charge in [-0.05, 0) is 60.1 Å². The fourth-order valence-corrected chi connectivity index (χ4v) is 2.84. The Hall–Kier alpha value is -1.86. The van der Waals surface area contributed by atoms with Crippen LogP contribution in [0.25, 0.3) is 0 Å². The second-order valence-electron chi connectivity index (χ2n) is 4.92. The summed E-state index contributed by atoms with van der Waals surface area (Å²) in [5.41, 5.74) is 1.94. The van der Waals surface area contributed by atoms with Crippen LogP contribution < -0.4 is 16.0 Å². The fraction of sp³-hybridized carbons (Fsp3) is 0.200. The predicted octanol–water partition coefficient (Wildman–Crippen LogP) is 4.29. The molecule has 0 aliphatic carbocycles. The molecule has 0 saturated carbocycles. The van der Waals surface area contributed by atoms with Crippen LogP contribution in [0.4, 0.5) is 16.2 Å². The normalized spacial score (nSPS) is 10.4. The summed E-state index contributed by atoms with van der Waals surface area (Å²) >= 11 is 4.79. The quantitative estimate of drug-likeness (QED) is 0.738. The zero-order valence-corrected chi connectivity index (χ0v) is 14.5. The second-order valence-corrected chi connectivity index (χ2v) is 7.21. The number of amides is 3. The van der Waals surface area contributed by atoms with Crippen molar-refractivity contribution >= 4 is 50.6 Å². The van der Waals surface area contributed by atoms with Crippen molar-refractivity contribution in [1.82, 2.24) is 5.32 Å². The third-order valence-electron chi connectivity index (χ3n) is 2.65. The Morgan fingerprint density at radius 3 is 2.18 bits per heavy atom. The fourth-order valence-electron chi connectivity index (χ4n) is 1.70. The summed E-state index contributed by atoms with van der Waals surface area (Å²) in [7, 11) is 0. The monoisotopic (exact) mass is 381 g/mol. The van der Waals surface area contributed by atoms with Crippen LogP contribution in [0.15, 0.2) is 39.5 Å². The third kappa shape index (κ3) is 4.85. The molecule has 2 rings (SSSR count). The topological polar surface area (TPSA) is 70.2 Å². The number of carbonyl (C=O) groups excluding carboxylic acids is 2. The number of halogens is 1. The average molecular weight is 382 g/mol. The lowest BCUT2D eigenvalue weighted by atomic mass is 10.2. The summed E-state index contributed by atoms with van der Waals surface area (Å²) in [6.07, 6.45) is 0. The van der Waals surface area contributed by atoms with Crippen LogP contribution in [0.5, 0.6) is 0 Å². The van der Waals surface area contributed by atoms with Gasteiger partial charge >= 0.3 is 6.03 Å². The molecule has 2 aromatic rings. The van der Waals surface area contributed by atoms with Gasteiger partial charge in [0.15, 0.2) is 0 Å². The number of benzene rings is 1. The highest BCUT2D eigenvalue weighted by atomic mass is 79.9. The number of thiophene rings is 1. The maximum absolute atomic E-state index is 12.0. The molecule has 0 aliphatic heterocycles. The Balaban J connectivity index is 1.94. The minimum atomic E-state index is -0.255. The molecule has 1 aromatic heterocycles. The van der Waals surface area contributed by atoms with Crippen molar-refractivity contribution in [2.45, 2.75) is 19.9 Å². The summed E-state index contributed by atoms with van der Waals surface area (Å²) in [4.78, 5) is 23.6. The predicted molar refractivity (Wildman–Crippen MR) is 93.7 cm³/mol. The summed E-state index contributed by atoms with van der Waals surface area (Å²) in [5.74, 6) is -0.166. The van der Waals surface area contributed by atoms with Gasteiger partial charge in [-0.2, -0.15) is 0 Å². The molecule has 0 unspecified atom stereocenters. The molecule has 0 radical (unpaired) electrons. The van der Waals surface area contributed by atoms with Crippen molar-refractivity contribution in [1.29, 1.82) is 0 Å². The highest BCUT2D eigenvalue weighted by Crippen LogP contribution is 2.22. The molecule has 1 heterocycles. The molecule has 116 valence electrons. The zero-order chi connectivity index (χ0) is 16.1. The second kappa shape index (κ2) is 7.42. The van der Waals surface area contributed by atoms with Crippen LogP contribution >= 0.6 is 27.3 Å². The Bertz CT molecular complexity index is 668. The van der Waals surface area contributed by atoms with Gasteiger partial charge in [-0.15, -0.1) is 11.3 Å². The maximum atomic E-state index is 12.0. The van der Waals surface area contributed by atoms with E-state index < -0.39 is 0 Å². The van der Waals surface area contributed by atoms with Crippen LogP contribution in [0.3, 0.4) is 0 Å². The lowest BCUT2D eigenvalue weighted by molar-refractivity contribution is 0.102. The van der Waals surface area contributed by atoms with E-state index in [1.54, 1.807) is 35.7 Å². The first-order chi connectivity index (χ1) is 10.4. The first-order valence-electron chi connectivity index (χ1n) is 6.67.